The molecule has 1 saturated heterocycles. The van der Waals surface area contributed by atoms with Gasteiger partial charge in [0.05, 0.1) is 17.3 Å². The van der Waals surface area contributed by atoms with Gasteiger partial charge in [0, 0.05) is 19.1 Å². The molecule has 218 valence electrons. The molecule has 4 nitrogen and oxygen atoms in total. The van der Waals surface area contributed by atoms with Gasteiger partial charge in [-0.2, -0.15) is 13.2 Å². The van der Waals surface area contributed by atoms with Crippen LogP contribution in [-0.2, 0) is 11.8 Å². The van der Waals surface area contributed by atoms with E-state index in [4.69, 9.17) is 4.43 Å². The van der Waals surface area contributed by atoms with Crippen molar-refractivity contribution < 1.29 is 32.2 Å². The maximum absolute atomic E-state index is 15.3. The summed E-state index contributed by atoms with van der Waals surface area (Å²) in [6.07, 6.45) is -4.78. The fraction of sp³-hybridized carbons (Fsp3) is 0.600. The minimum Gasteiger partial charge on any atom is -0.541 e. The van der Waals surface area contributed by atoms with Crippen molar-refractivity contribution in [1.82, 2.24) is 4.90 Å². The standard InChI is InChI=1S/C30H43F4NO3Si/c1-19(2)39(20(3)4,21(5)6)38-27-13-8-23(18-26(27)31)28(36)22(7)35-16-14-29(37,15-17-35)24-9-11-25(12-10-24)30(32,33)34/h8-13,18-22,28,36-37H,14-17H2,1-7H3/t22-,28?/m1/s1. The lowest BCUT2D eigenvalue weighted by atomic mass is 9.83. The van der Waals surface area contributed by atoms with Crippen LogP contribution in [-0.4, -0.2) is 42.6 Å². The van der Waals surface area contributed by atoms with Crippen LogP contribution in [0.2, 0.25) is 16.6 Å². The zero-order valence-corrected chi connectivity index (χ0v) is 25.0. The second-order valence-corrected chi connectivity index (χ2v) is 17.3. The second kappa shape index (κ2) is 11.9. The molecule has 0 spiro atoms. The van der Waals surface area contributed by atoms with Gasteiger partial charge >= 0.3 is 6.18 Å². The average Bonchev–Trinajstić information content (AvgIpc) is 2.86. The Kier molecular flexibility index (Phi) is 9.63. The van der Waals surface area contributed by atoms with Gasteiger partial charge in [-0.1, -0.05) is 59.7 Å². The average molecular weight is 570 g/mol. The number of alkyl halides is 3. The van der Waals surface area contributed by atoms with Crippen molar-refractivity contribution in [2.75, 3.05) is 13.1 Å². The van der Waals surface area contributed by atoms with Gasteiger partial charge in [-0.15, -0.1) is 0 Å². The van der Waals surface area contributed by atoms with E-state index in [1.165, 1.54) is 18.2 Å². The van der Waals surface area contributed by atoms with Crippen molar-refractivity contribution in [2.24, 2.45) is 0 Å². The summed E-state index contributed by atoms with van der Waals surface area (Å²) in [6, 6.07) is 8.96. The van der Waals surface area contributed by atoms with Crippen LogP contribution in [0, 0.1) is 5.82 Å². The third-order valence-electron chi connectivity index (χ3n) is 8.70. The van der Waals surface area contributed by atoms with Gasteiger partial charge in [0.25, 0.3) is 8.32 Å². The summed E-state index contributed by atoms with van der Waals surface area (Å²) in [5, 5.41) is 22.2. The highest BCUT2D eigenvalue weighted by molar-refractivity contribution is 6.78. The normalized spacial score (nSPS) is 18.6. The molecule has 0 amide bonds. The molecule has 3 rings (SSSR count). The number of likely N-dealkylation sites (tertiary alicyclic amines) is 1. The number of nitrogens with zero attached hydrogens (tertiary/aromatic N) is 1. The molecule has 2 aromatic carbocycles. The van der Waals surface area contributed by atoms with Gasteiger partial charge in [0.2, 0.25) is 0 Å². The molecule has 0 bridgehead atoms. The highest BCUT2D eigenvalue weighted by Crippen LogP contribution is 2.44. The Hall–Kier alpha value is -1.94. The molecule has 1 aliphatic rings. The molecule has 1 heterocycles. The van der Waals surface area contributed by atoms with Crippen LogP contribution in [0.25, 0.3) is 0 Å². The first-order chi connectivity index (χ1) is 18.0. The predicted molar refractivity (Wildman–Crippen MR) is 149 cm³/mol. The summed E-state index contributed by atoms with van der Waals surface area (Å²) in [5.74, 6) is -0.270. The highest BCUT2D eigenvalue weighted by atomic mass is 28.4. The van der Waals surface area contributed by atoms with Gasteiger partial charge in [-0.25, -0.2) is 4.39 Å². The summed E-state index contributed by atoms with van der Waals surface area (Å²) in [6.45, 7) is 15.6. The van der Waals surface area contributed by atoms with Crippen LogP contribution < -0.4 is 4.43 Å². The molecule has 0 saturated carbocycles. The van der Waals surface area contributed by atoms with E-state index in [9.17, 15) is 23.4 Å². The SMILES string of the molecule is CC(C)[Si](Oc1ccc(C(O)[C@@H](C)N2CCC(O)(c3ccc(C(F)(F)F)cc3)CC2)cc1F)(C(C)C)C(C)C. The Morgan fingerprint density at radius 2 is 1.38 bits per heavy atom. The Morgan fingerprint density at radius 3 is 1.82 bits per heavy atom. The lowest BCUT2D eigenvalue weighted by Gasteiger charge is -2.43. The smallest absolute Gasteiger partial charge is 0.416 e. The van der Waals surface area contributed by atoms with Crippen LogP contribution >= 0.6 is 0 Å². The van der Waals surface area contributed by atoms with E-state index < -0.39 is 37.6 Å². The van der Waals surface area contributed by atoms with Gasteiger partial charge in [-0.05, 0) is 71.8 Å². The number of hydrogen-bond donors (Lipinski definition) is 2. The quantitative estimate of drug-likeness (QED) is 0.239. The molecular weight excluding hydrogens is 526 g/mol. The minimum absolute atomic E-state index is 0.223. The Labute approximate surface area is 231 Å². The second-order valence-electron chi connectivity index (χ2n) is 11.9. The first-order valence-corrected chi connectivity index (χ1v) is 16.0. The number of aliphatic hydroxyl groups excluding tert-OH is 1. The Morgan fingerprint density at radius 1 is 0.872 bits per heavy atom. The molecule has 2 atom stereocenters. The molecular formula is C30H43F4NO3Si. The summed E-state index contributed by atoms with van der Waals surface area (Å²) in [4.78, 5) is 2.01. The molecule has 0 radical (unpaired) electrons. The van der Waals surface area contributed by atoms with Crippen molar-refractivity contribution in [3.8, 4) is 5.75 Å². The molecule has 0 aliphatic carbocycles. The van der Waals surface area contributed by atoms with Gasteiger partial charge in [0.15, 0.2) is 5.82 Å². The number of halogens is 4. The van der Waals surface area contributed by atoms with E-state index in [0.29, 0.717) is 53.7 Å². The lowest BCUT2D eigenvalue weighted by molar-refractivity contribution is -0.137. The van der Waals surface area contributed by atoms with Crippen LogP contribution in [0.15, 0.2) is 42.5 Å². The van der Waals surface area contributed by atoms with Crippen LogP contribution in [0.3, 0.4) is 0 Å². The molecule has 0 aromatic heterocycles. The molecule has 1 unspecified atom stereocenters. The number of aliphatic hydroxyl groups is 2. The minimum atomic E-state index is -4.43. The Bertz CT molecular complexity index is 1070. The lowest BCUT2D eigenvalue weighted by Crippen LogP contribution is -2.50. The third kappa shape index (κ3) is 6.53. The largest absolute Gasteiger partial charge is 0.541 e. The maximum Gasteiger partial charge on any atom is 0.416 e. The molecule has 2 N–H and O–H groups in total. The summed E-state index contributed by atoms with van der Waals surface area (Å²) in [5.41, 5.74) is -0.215. The van der Waals surface area contributed by atoms with Crippen molar-refractivity contribution in [3.63, 3.8) is 0 Å². The number of hydrogen-bond acceptors (Lipinski definition) is 4. The zero-order valence-electron chi connectivity index (χ0n) is 24.0. The fourth-order valence-electron chi connectivity index (χ4n) is 6.37. The number of rotatable bonds is 9. The Balaban J connectivity index is 1.70. The van der Waals surface area contributed by atoms with Crippen molar-refractivity contribution in [2.45, 2.75) is 102 Å². The van der Waals surface area contributed by atoms with E-state index in [2.05, 4.69) is 41.5 Å². The van der Waals surface area contributed by atoms with Gasteiger partial charge in [-0.3, -0.25) is 4.90 Å². The van der Waals surface area contributed by atoms with E-state index in [1.54, 1.807) is 12.1 Å². The van der Waals surface area contributed by atoms with Gasteiger partial charge < -0.3 is 14.6 Å². The monoisotopic (exact) mass is 569 g/mol. The van der Waals surface area contributed by atoms with Crippen molar-refractivity contribution in [3.05, 3.63) is 65.0 Å². The van der Waals surface area contributed by atoms with Crippen LogP contribution in [0.4, 0.5) is 17.6 Å². The van der Waals surface area contributed by atoms with E-state index in [-0.39, 0.29) is 11.8 Å². The maximum atomic E-state index is 15.3. The summed E-state index contributed by atoms with van der Waals surface area (Å²) in [7, 11) is -2.34. The number of benzene rings is 2. The van der Waals surface area contributed by atoms with Crippen LogP contribution in [0.5, 0.6) is 5.75 Å². The molecule has 9 heteroatoms. The zero-order chi connectivity index (χ0) is 29.3. The topological polar surface area (TPSA) is 52.9 Å². The predicted octanol–water partition coefficient (Wildman–Crippen LogP) is 7.80. The van der Waals surface area contributed by atoms with Crippen molar-refractivity contribution in [1.29, 1.82) is 0 Å². The third-order valence-corrected chi connectivity index (χ3v) is 14.7. The van der Waals surface area contributed by atoms with E-state index in [0.717, 1.165) is 12.1 Å². The summed E-state index contributed by atoms with van der Waals surface area (Å²) < 4.78 is 60.5. The molecule has 2 aromatic rings. The number of piperidine rings is 1. The molecule has 1 fully saturated rings. The van der Waals surface area contributed by atoms with Crippen LogP contribution in [0.1, 0.15) is 84.1 Å². The van der Waals surface area contributed by atoms with E-state index in [1.807, 2.05) is 11.8 Å². The molecule has 1 aliphatic heterocycles. The first-order valence-electron chi connectivity index (χ1n) is 13.8. The summed E-state index contributed by atoms with van der Waals surface area (Å²) >= 11 is 0. The molecule has 39 heavy (non-hydrogen) atoms. The van der Waals surface area contributed by atoms with Gasteiger partial charge in [0.1, 0.15) is 5.75 Å². The highest BCUT2D eigenvalue weighted by Gasteiger charge is 2.47. The first kappa shape index (κ1) is 31.6. The van der Waals surface area contributed by atoms with Crippen molar-refractivity contribution >= 4 is 8.32 Å². The van der Waals surface area contributed by atoms with E-state index >= 15 is 4.39 Å². The fourth-order valence-corrected chi connectivity index (χ4v) is 11.6.